The van der Waals surface area contributed by atoms with Crippen molar-refractivity contribution in [1.29, 1.82) is 0 Å². The van der Waals surface area contributed by atoms with Crippen LogP contribution in [0.5, 0.6) is 5.75 Å². The number of hydrogen-bond acceptors (Lipinski definition) is 2. The van der Waals surface area contributed by atoms with Crippen LogP contribution in [-0.4, -0.2) is 5.11 Å². The maximum atomic E-state index is 13.1. The normalized spacial score (nSPS) is 19.3. The molecule has 0 amide bonds. The maximum Gasteiger partial charge on any atom is 0.165 e. The maximum absolute atomic E-state index is 13.1. The van der Waals surface area contributed by atoms with E-state index >= 15 is 0 Å². The molecule has 0 aromatic heterocycles. The average molecular weight is 209 g/mol. The Morgan fingerprint density at radius 1 is 1.33 bits per heavy atom. The van der Waals surface area contributed by atoms with Crippen molar-refractivity contribution in [2.24, 2.45) is 11.7 Å². The molecule has 3 heteroatoms. The van der Waals surface area contributed by atoms with Crippen molar-refractivity contribution in [3.8, 4) is 5.75 Å². The lowest BCUT2D eigenvalue weighted by atomic mass is 9.92. The Balaban J connectivity index is 2.24. The Morgan fingerprint density at radius 3 is 2.67 bits per heavy atom. The van der Waals surface area contributed by atoms with Crippen LogP contribution in [0, 0.1) is 11.7 Å². The molecule has 0 heterocycles. The number of benzene rings is 1. The molecule has 2 rings (SSSR count). The Kier molecular flexibility index (Phi) is 2.91. The van der Waals surface area contributed by atoms with E-state index in [1.165, 1.54) is 18.9 Å². The van der Waals surface area contributed by atoms with Gasteiger partial charge < -0.3 is 10.8 Å². The van der Waals surface area contributed by atoms with Gasteiger partial charge in [-0.15, -0.1) is 0 Å². The number of phenolic OH excluding ortho intramolecular Hbond substituents is 1. The highest BCUT2D eigenvalue weighted by atomic mass is 19.1. The molecule has 1 fully saturated rings. The number of halogens is 1. The highest BCUT2D eigenvalue weighted by molar-refractivity contribution is 5.36. The Hall–Kier alpha value is -1.09. The van der Waals surface area contributed by atoms with Crippen LogP contribution < -0.4 is 5.73 Å². The second-order valence-corrected chi connectivity index (χ2v) is 4.25. The Morgan fingerprint density at radius 2 is 2.00 bits per heavy atom. The molecule has 1 aromatic rings. The van der Waals surface area contributed by atoms with E-state index in [1.54, 1.807) is 12.1 Å². The van der Waals surface area contributed by atoms with E-state index in [0.717, 1.165) is 12.8 Å². The van der Waals surface area contributed by atoms with Gasteiger partial charge in [0.15, 0.2) is 11.6 Å². The van der Waals surface area contributed by atoms with E-state index in [0.29, 0.717) is 11.5 Å². The first kappa shape index (κ1) is 10.4. The van der Waals surface area contributed by atoms with E-state index in [9.17, 15) is 9.50 Å². The lowest BCUT2D eigenvalue weighted by Crippen LogP contribution is -2.19. The molecule has 0 saturated heterocycles. The summed E-state index contributed by atoms with van der Waals surface area (Å²) in [5.74, 6) is -0.476. The summed E-state index contributed by atoms with van der Waals surface area (Å²) in [6.45, 7) is 0. The lowest BCUT2D eigenvalue weighted by molar-refractivity contribution is 0.392. The largest absolute Gasteiger partial charge is 0.505 e. The average Bonchev–Trinajstić information content (AvgIpc) is 2.74. The zero-order valence-electron chi connectivity index (χ0n) is 8.62. The van der Waals surface area contributed by atoms with Crippen LogP contribution in [-0.2, 0) is 0 Å². The third-order valence-electron chi connectivity index (χ3n) is 3.28. The minimum atomic E-state index is -0.582. The van der Waals surface area contributed by atoms with Crippen LogP contribution in [0.4, 0.5) is 4.39 Å². The molecule has 1 aliphatic carbocycles. The topological polar surface area (TPSA) is 46.2 Å². The second-order valence-electron chi connectivity index (χ2n) is 4.25. The number of rotatable bonds is 2. The third-order valence-corrected chi connectivity index (χ3v) is 3.28. The molecule has 0 aliphatic heterocycles. The van der Waals surface area contributed by atoms with Crippen LogP contribution in [0.2, 0.25) is 0 Å². The molecule has 1 atom stereocenters. The van der Waals surface area contributed by atoms with Gasteiger partial charge in [0.05, 0.1) is 0 Å². The van der Waals surface area contributed by atoms with Crippen LogP contribution in [0.1, 0.15) is 37.3 Å². The minimum Gasteiger partial charge on any atom is -0.505 e. The SMILES string of the molecule is N[C@@H](c1cccc(F)c1O)C1CCCC1. The fourth-order valence-electron chi connectivity index (χ4n) is 2.37. The zero-order valence-corrected chi connectivity index (χ0v) is 8.62. The van der Waals surface area contributed by atoms with E-state index in [1.807, 2.05) is 0 Å². The van der Waals surface area contributed by atoms with E-state index in [2.05, 4.69) is 0 Å². The highest BCUT2D eigenvalue weighted by Crippen LogP contribution is 2.37. The van der Waals surface area contributed by atoms with Crippen LogP contribution >= 0.6 is 0 Å². The van der Waals surface area contributed by atoms with Gasteiger partial charge in [0.2, 0.25) is 0 Å². The molecular weight excluding hydrogens is 193 g/mol. The first-order chi connectivity index (χ1) is 7.20. The quantitative estimate of drug-likeness (QED) is 0.786. The molecular formula is C12H16FNO. The van der Waals surface area contributed by atoms with Crippen LogP contribution in [0.25, 0.3) is 0 Å². The fourth-order valence-corrected chi connectivity index (χ4v) is 2.37. The molecule has 15 heavy (non-hydrogen) atoms. The van der Waals surface area contributed by atoms with Gasteiger partial charge in [-0.3, -0.25) is 0 Å². The van der Waals surface area contributed by atoms with Crippen LogP contribution in [0.15, 0.2) is 18.2 Å². The number of nitrogens with two attached hydrogens (primary N) is 1. The third kappa shape index (κ3) is 1.97. The predicted molar refractivity (Wildman–Crippen MR) is 57.0 cm³/mol. The zero-order chi connectivity index (χ0) is 10.8. The summed E-state index contributed by atoms with van der Waals surface area (Å²) in [6, 6.07) is 4.32. The molecule has 82 valence electrons. The lowest BCUT2D eigenvalue weighted by Gasteiger charge is -2.20. The van der Waals surface area contributed by atoms with E-state index in [-0.39, 0.29) is 11.8 Å². The van der Waals surface area contributed by atoms with Gasteiger partial charge in [0.1, 0.15) is 0 Å². The van der Waals surface area contributed by atoms with Gasteiger partial charge in [0, 0.05) is 11.6 Å². The van der Waals surface area contributed by atoms with Gasteiger partial charge in [-0.2, -0.15) is 0 Å². The molecule has 1 aliphatic rings. The standard InChI is InChI=1S/C12H16FNO/c13-10-7-3-6-9(12(10)15)11(14)8-4-1-2-5-8/h3,6-8,11,15H,1-2,4-5,14H2/t11-/m1/s1. The van der Waals surface area contributed by atoms with Crippen LogP contribution in [0.3, 0.4) is 0 Å². The van der Waals surface area contributed by atoms with Gasteiger partial charge in [-0.1, -0.05) is 25.0 Å². The molecule has 0 spiro atoms. The van der Waals surface area contributed by atoms with Crippen molar-refractivity contribution >= 4 is 0 Å². The number of phenols is 1. The molecule has 1 saturated carbocycles. The summed E-state index contributed by atoms with van der Waals surface area (Å²) >= 11 is 0. The summed E-state index contributed by atoms with van der Waals surface area (Å²) < 4.78 is 13.1. The smallest absolute Gasteiger partial charge is 0.165 e. The van der Waals surface area contributed by atoms with Crippen molar-refractivity contribution in [2.75, 3.05) is 0 Å². The van der Waals surface area contributed by atoms with Crippen molar-refractivity contribution in [1.82, 2.24) is 0 Å². The minimum absolute atomic E-state index is 0.233. The summed E-state index contributed by atoms with van der Waals surface area (Å²) in [5.41, 5.74) is 6.59. The van der Waals surface area contributed by atoms with Gasteiger partial charge in [-0.25, -0.2) is 4.39 Å². The summed E-state index contributed by atoms with van der Waals surface area (Å²) in [5, 5.41) is 9.57. The highest BCUT2D eigenvalue weighted by Gasteiger charge is 2.25. The van der Waals surface area contributed by atoms with Crippen molar-refractivity contribution in [3.63, 3.8) is 0 Å². The van der Waals surface area contributed by atoms with Gasteiger partial charge in [-0.05, 0) is 24.8 Å². The van der Waals surface area contributed by atoms with Gasteiger partial charge in [0.25, 0.3) is 0 Å². The summed E-state index contributed by atoms with van der Waals surface area (Å²) in [4.78, 5) is 0. The molecule has 0 unspecified atom stereocenters. The number of para-hydroxylation sites is 1. The Labute approximate surface area is 88.9 Å². The summed E-state index contributed by atoms with van der Waals surface area (Å²) in [6.07, 6.45) is 4.54. The molecule has 0 bridgehead atoms. The van der Waals surface area contributed by atoms with Crippen molar-refractivity contribution in [3.05, 3.63) is 29.6 Å². The molecule has 0 radical (unpaired) electrons. The molecule has 3 N–H and O–H groups in total. The first-order valence-electron chi connectivity index (χ1n) is 5.43. The summed E-state index contributed by atoms with van der Waals surface area (Å²) in [7, 11) is 0. The van der Waals surface area contributed by atoms with Gasteiger partial charge >= 0.3 is 0 Å². The fraction of sp³-hybridized carbons (Fsp3) is 0.500. The first-order valence-corrected chi connectivity index (χ1v) is 5.43. The predicted octanol–water partition coefficient (Wildman–Crippen LogP) is 2.72. The molecule has 2 nitrogen and oxygen atoms in total. The molecule has 1 aromatic carbocycles. The number of hydrogen-bond donors (Lipinski definition) is 2. The van der Waals surface area contributed by atoms with Crippen molar-refractivity contribution in [2.45, 2.75) is 31.7 Å². The van der Waals surface area contributed by atoms with E-state index < -0.39 is 5.82 Å². The van der Waals surface area contributed by atoms with E-state index in [4.69, 9.17) is 5.73 Å². The Bertz CT molecular complexity index is 347. The van der Waals surface area contributed by atoms with Crippen molar-refractivity contribution < 1.29 is 9.50 Å². The monoisotopic (exact) mass is 209 g/mol. The second kappa shape index (κ2) is 4.19. The number of aromatic hydroxyl groups is 1.